The number of hydrogen-bond acceptors (Lipinski definition) is 5. The van der Waals surface area contributed by atoms with Crippen molar-refractivity contribution in [3.63, 3.8) is 0 Å². The fourth-order valence-corrected chi connectivity index (χ4v) is 4.34. The van der Waals surface area contributed by atoms with E-state index in [-0.39, 0.29) is 23.9 Å². The number of imidazole rings is 1. The maximum atomic E-state index is 13.5. The van der Waals surface area contributed by atoms with Crippen molar-refractivity contribution in [2.24, 2.45) is 5.84 Å². The van der Waals surface area contributed by atoms with Crippen LogP contribution in [0.25, 0.3) is 11.0 Å². The minimum Gasteiger partial charge on any atom is -0.377 e. The number of rotatable bonds is 6. The van der Waals surface area contributed by atoms with E-state index in [0.717, 1.165) is 44.2 Å². The minimum absolute atomic E-state index is 0.0154. The van der Waals surface area contributed by atoms with Gasteiger partial charge >= 0.3 is 6.18 Å². The number of amides is 2. The Morgan fingerprint density at radius 3 is 2.57 bits per heavy atom. The lowest BCUT2D eigenvalue weighted by molar-refractivity contribution is -0.137. The van der Waals surface area contributed by atoms with Crippen LogP contribution in [-0.2, 0) is 17.5 Å². The molecule has 1 aromatic heterocycles. The average molecular weight is 489 g/mol. The molecule has 0 unspecified atom stereocenters. The summed E-state index contributed by atoms with van der Waals surface area (Å²) in [6.07, 6.45) is 0.143. The average Bonchev–Trinajstić information content (AvgIpc) is 3.25. The smallest absolute Gasteiger partial charge is 0.377 e. The molecular weight excluding hydrogens is 463 g/mol. The van der Waals surface area contributed by atoms with Gasteiger partial charge in [0.2, 0.25) is 0 Å². The Morgan fingerprint density at radius 2 is 1.89 bits per heavy atom. The standard InChI is InChI=1S/C24H26F3N5O3/c1-35-13-20-30-19-12-15(32(28)23(34)16-9-5-6-10-18(16)24(25,26)27)11-17(21(19)31-20)22(33)29-14-7-3-2-4-8-14/h5-6,9-12,14H,2-4,7-8,13,28H2,1H3,(H,29,33)(H,30,31). The first-order chi connectivity index (χ1) is 16.7. The Hall–Kier alpha value is -3.44. The van der Waals surface area contributed by atoms with Gasteiger partial charge in [-0.2, -0.15) is 13.2 Å². The van der Waals surface area contributed by atoms with E-state index in [1.807, 2.05) is 0 Å². The van der Waals surface area contributed by atoms with Gasteiger partial charge in [-0.1, -0.05) is 31.4 Å². The fourth-order valence-electron chi connectivity index (χ4n) is 4.34. The highest BCUT2D eigenvalue weighted by Crippen LogP contribution is 2.33. The van der Waals surface area contributed by atoms with Crippen LogP contribution in [0, 0.1) is 0 Å². The third-order valence-electron chi connectivity index (χ3n) is 6.05. The van der Waals surface area contributed by atoms with Crippen molar-refractivity contribution in [2.75, 3.05) is 12.1 Å². The van der Waals surface area contributed by atoms with Gasteiger partial charge in [0, 0.05) is 13.2 Å². The molecule has 0 radical (unpaired) electrons. The number of H-pyrrole nitrogens is 1. The van der Waals surface area contributed by atoms with Gasteiger partial charge in [0.05, 0.1) is 27.9 Å². The van der Waals surface area contributed by atoms with Crippen LogP contribution in [0.1, 0.15) is 64.2 Å². The first-order valence-corrected chi connectivity index (χ1v) is 11.3. The van der Waals surface area contributed by atoms with E-state index < -0.39 is 29.1 Å². The molecule has 2 aromatic carbocycles. The van der Waals surface area contributed by atoms with E-state index in [1.165, 1.54) is 31.4 Å². The van der Waals surface area contributed by atoms with Gasteiger partial charge in [-0.15, -0.1) is 0 Å². The van der Waals surface area contributed by atoms with E-state index in [4.69, 9.17) is 10.6 Å². The lowest BCUT2D eigenvalue weighted by Gasteiger charge is -2.23. The number of benzene rings is 2. The molecule has 0 atom stereocenters. The van der Waals surface area contributed by atoms with Gasteiger partial charge in [0.1, 0.15) is 17.9 Å². The van der Waals surface area contributed by atoms with Crippen LogP contribution in [0.4, 0.5) is 18.9 Å². The predicted octanol–water partition coefficient (Wildman–Crippen LogP) is 4.31. The van der Waals surface area contributed by atoms with E-state index in [1.54, 1.807) is 0 Å². The van der Waals surface area contributed by atoms with Gasteiger partial charge in [0.25, 0.3) is 11.8 Å². The van der Waals surface area contributed by atoms with Gasteiger partial charge < -0.3 is 15.0 Å². The predicted molar refractivity (Wildman–Crippen MR) is 124 cm³/mol. The van der Waals surface area contributed by atoms with Crippen molar-refractivity contribution < 1.29 is 27.5 Å². The van der Waals surface area contributed by atoms with E-state index >= 15 is 0 Å². The molecule has 0 spiro atoms. The monoisotopic (exact) mass is 489 g/mol. The van der Waals surface area contributed by atoms with Crippen molar-refractivity contribution in [3.05, 3.63) is 58.9 Å². The zero-order valence-electron chi connectivity index (χ0n) is 19.1. The Bertz CT molecular complexity index is 1230. The number of ether oxygens (including phenoxy) is 1. The number of hydrazine groups is 1. The van der Waals surface area contributed by atoms with Crippen molar-refractivity contribution >= 4 is 28.5 Å². The molecule has 0 saturated heterocycles. The molecule has 35 heavy (non-hydrogen) atoms. The highest BCUT2D eigenvalue weighted by molar-refractivity contribution is 6.10. The summed E-state index contributed by atoms with van der Waals surface area (Å²) in [7, 11) is 1.49. The van der Waals surface area contributed by atoms with Gasteiger partial charge in [-0.25, -0.2) is 15.8 Å². The van der Waals surface area contributed by atoms with Crippen LogP contribution in [0.5, 0.6) is 0 Å². The molecule has 1 saturated carbocycles. The summed E-state index contributed by atoms with van der Waals surface area (Å²) in [6.45, 7) is 0.151. The second-order valence-corrected chi connectivity index (χ2v) is 8.53. The summed E-state index contributed by atoms with van der Waals surface area (Å²) in [6, 6.07) is 7.25. The summed E-state index contributed by atoms with van der Waals surface area (Å²) in [5, 5.41) is 3.62. The first kappa shape index (κ1) is 24.7. The Balaban J connectivity index is 1.73. The van der Waals surface area contributed by atoms with Gasteiger partial charge in [0.15, 0.2) is 0 Å². The largest absolute Gasteiger partial charge is 0.417 e. The molecule has 11 heteroatoms. The number of methoxy groups -OCH3 is 1. The number of carbonyl (C=O) groups is 2. The molecular formula is C24H26F3N5O3. The summed E-state index contributed by atoms with van der Waals surface area (Å²) >= 11 is 0. The maximum absolute atomic E-state index is 13.5. The van der Waals surface area contributed by atoms with Crippen molar-refractivity contribution in [3.8, 4) is 0 Å². The summed E-state index contributed by atoms with van der Waals surface area (Å²) in [5.74, 6) is 5.01. The summed E-state index contributed by atoms with van der Waals surface area (Å²) in [4.78, 5) is 33.7. The minimum atomic E-state index is -4.74. The topological polar surface area (TPSA) is 113 Å². The summed E-state index contributed by atoms with van der Waals surface area (Å²) in [5.41, 5.74) is -0.738. The number of aromatic amines is 1. The molecule has 8 nitrogen and oxygen atoms in total. The number of nitrogens with one attached hydrogen (secondary N) is 2. The third-order valence-corrected chi connectivity index (χ3v) is 6.05. The molecule has 1 aliphatic rings. The normalized spacial score (nSPS) is 14.8. The second-order valence-electron chi connectivity index (χ2n) is 8.53. The first-order valence-electron chi connectivity index (χ1n) is 11.3. The molecule has 1 aliphatic carbocycles. The number of aromatic nitrogens is 2. The highest BCUT2D eigenvalue weighted by atomic mass is 19.4. The maximum Gasteiger partial charge on any atom is 0.417 e. The Morgan fingerprint density at radius 1 is 1.17 bits per heavy atom. The molecule has 0 bridgehead atoms. The van der Waals surface area contributed by atoms with Crippen LogP contribution < -0.4 is 16.2 Å². The molecule has 186 valence electrons. The third kappa shape index (κ3) is 5.30. The molecule has 4 N–H and O–H groups in total. The lowest BCUT2D eigenvalue weighted by Crippen LogP contribution is -2.39. The number of nitrogens with zero attached hydrogens (tertiary/aromatic N) is 2. The van der Waals surface area contributed by atoms with Gasteiger partial charge in [-0.05, 0) is 37.1 Å². The van der Waals surface area contributed by atoms with Crippen LogP contribution >= 0.6 is 0 Å². The molecule has 4 rings (SSSR count). The molecule has 3 aromatic rings. The van der Waals surface area contributed by atoms with Crippen LogP contribution in [-0.4, -0.2) is 34.9 Å². The van der Waals surface area contributed by atoms with Gasteiger partial charge in [-0.3, -0.25) is 9.59 Å². The zero-order valence-corrected chi connectivity index (χ0v) is 19.1. The molecule has 0 aliphatic heterocycles. The number of hydrogen-bond donors (Lipinski definition) is 3. The van der Waals surface area contributed by atoms with Crippen molar-refractivity contribution in [1.29, 1.82) is 0 Å². The zero-order chi connectivity index (χ0) is 25.2. The quantitative estimate of drug-likeness (QED) is 0.271. The second kappa shape index (κ2) is 10.0. The number of anilines is 1. The Labute approximate surface area is 199 Å². The summed E-state index contributed by atoms with van der Waals surface area (Å²) < 4.78 is 45.5. The fraction of sp³-hybridized carbons (Fsp3) is 0.375. The SMILES string of the molecule is COCc1nc2c(C(=O)NC3CCCCC3)cc(N(N)C(=O)c3ccccc3C(F)(F)F)cc2[nH]1. The number of carbonyl (C=O) groups excluding carboxylic acids is 2. The lowest BCUT2D eigenvalue weighted by atomic mass is 9.95. The van der Waals surface area contributed by atoms with Crippen LogP contribution in [0.3, 0.4) is 0 Å². The Kier molecular flexibility index (Phi) is 7.08. The van der Waals surface area contributed by atoms with E-state index in [2.05, 4.69) is 15.3 Å². The molecule has 2 amide bonds. The highest BCUT2D eigenvalue weighted by Gasteiger charge is 2.36. The number of nitrogens with two attached hydrogens (primary N) is 1. The molecule has 1 heterocycles. The molecule has 1 fully saturated rings. The van der Waals surface area contributed by atoms with Crippen LogP contribution in [0.15, 0.2) is 36.4 Å². The van der Waals surface area contributed by atoms with E-state index in [0.29, 0.717) is 21.9 Å². The van der Waals surface area contributed by atoms with E-state index in [9.17, 15) is 22.8 Å². The van der Waals surface area contributed by atoms with Crippen molar-refractivity contribution in [2.45, 2.75) is 50.9 Å². The number of fused-ring (bicyclic) bond motifs is 1. The number of halogens is 3. The number of alkyl halides is 3. The van der Waals surface area contributed by atoms with Crippen LogP contribution in [0.2, 0.25) is 0 Å². The van der Waals surface area contributed by atoms with Crippen molar-refractivity contribution in [1.82, 2.24) is 15.3 Å².